The Morgan fingerprint density at radius 2 is 1.59 bits per heavy atom. The summed E-state index contributed by atoms with van der Waals surface area (Å²) in [6.45, 7) is 3.56. The molecule has 1 rings (SSSR count). The summed E-state index contributed by atoms with van der Waals surface area (Å²) >= 11 is 0. The van der Waals surface area contributed by atoms with Crippen LogP contribution < -0.4 is 113 Å². The first-order valence-electron chi connectivity index (χ1n) is 4.50. The van der Waals surface area contributed by atoms with Crippen molar-refractivity contribution in [1.29, 1.82) is 0 Å². The minimum absolute atomic E-state index is 0. The van der Waals surface area contributed by atoms with Gasteiger partial charge in [-0.3, -0.25) is 0 Å². The Labute approximate surface area is 185 Å². The summed E-state index contributed by atoms with van der Waals surface area (Å²) in [5, 5.41) is 21.5. The molecule has 0 atom stereocenters. The molecule has 0 amide bonds. The monoisotopic (exact) mass is 284 g/mol. The van der Waals surface area contributed by atoms with Crippen molar-refractivity contribution in [2.75, 3.05) is 0 Å². The Morgan fingerprint density at radius 3 is 1.94 bits per heavy atom. The molecule has 0 saturated heterocycles. The molecule has 17 heavy (non-hydrogen) atoms. The number of hydrogen-bond donors (Lipinski definition) is 0. The third-order valence-electron chi connectivity index (χ3n) is 2.14. The molecule has 0 saturated carbocycles. The van der Waals surface area contributed by atoms with Gasteiger partial charge >= 0.3 is 103 Å². The van der Waals surface area contributed by atoms with Gasteiger partial charge < -0.3 is 19.8 Å². The van der Waals surface area contributed by atoms with E-state index < -0.39 is 11.9 Å². The van der Waals surface area contributed by atoms with Gasteiger partial charge in [-0.2, -0.15) is 0 Å². The van der Waals surface area contributed by atoms with Gasteiger partial charge in [0.15, 0.2) is 0 Å². The number of carboxylic acid groups (broad SMARTS) is 2. The molecule has 1 aromatic carbocycles. The molecule has 0 aliphatic carbocycles. The largest absolute Gasteiger partial charge is 1.00 e. The van der Waals surface area contributed by atoms with E-state index in [2.05, 4.69) is 0 Å². The van der Waals surface area contributed by atoms with Gasteiger partial charge in [0, 0.05) is 11.1 Å². The van der Waals surface area contributed by atoms with Crippen molar-refractivity contribution in [3.05, 3.63) is 34.9 Å². The maximum absolute atomic E-state index is 10.8. The maximum Gasteiger partial charge on any atom is 1.00 e. The van der Waals surface area contributed by atoms with Crippen LogP contribution in [0.3, 0.4) is 0 Å². The first-order valence-corrected chi connectivity index (χ1v) is 4.50. The van der Waals surface area contributed by atoms with Crippen molar-refractivity contribution in [3.63, 3.8) is 0 Å². The quantitative estimate of drug-likeness (QED) is 0.517. The van der Waals surface area contributed by atoms with Crippen LogP contribution in [0.15, 0.2) is 18.2 Å². The molecule has 0 aromatic heterocycles. The van der Waals surface area contributed by atoms with Crippen molar-refractivity contribution < 1.29 is 123 Å². The van der Waals surface area contributed by atoms with Crippen molar-refractivity contribution >= 4 is 11.9 Å². The molecule has 0 N–H and O–H groups in total. The van der Waals surface area contributed by atoms with Crippen LogP contribution in [-0.2, 0) is 0 Å². The van der Waals surface area contributed by atoms with Crippen LogP contribution in [0.1, 0.15) is 46.0 Å². The molecular formula is C11H10K2O4. The second-order valence-corrected chi connectivity index (χ2v) is 3.50. The van der Waals surface area contributed by atoms with Gasteiger partial charge in [0.05, 0.1) is 11.9 Å². The SMILES string of the molecule is CC(C)c1cccc(C(=O)[O-])c1C(=O)[O-].[K+].[K+]. The van der Waals surface area contributed by atoms with Crippen LogP contribution in [0.2, 0.25) is 0 Å². The molecular weight excluding hydrogens is 274 g/mol. The molecule has 6 heteroatoms. The number of aromatic carboxylic acids is 2. The topological polar surface area (TPSA) is 80.3 Å². The fraction of sp³-hybridized carbons (Fsp3) is 0.273. The molecule has 0 spiro atoms. The Morgan fingerprint density at radius 1 is 1.06 bits per heavy atom. The molecule has 1 aromatic rings. The minimum atomic E-state index is -1.50. The van der Waals surface area contributed by atoms with Crippen LogP contribution in [0.25, 0.3) is 0 Å². The Kier molecular flexibility index (Phi) is 11.4. The summed E-state index contributed by atoms with van der Waals surface area (Å²) in [5.41, 5.74) is -0.176. The summed E-state index contributed by atoms with van der Waals surface area (Å²) in [5.74, 6) is -3.08. The standard InChI is InChI=1S/C11H12O4.2K/c1-6(2)7-4-3-5-8(10(12)13)9(7)11(14)15;;/h3-6H,1-2H3,(H,12,13)(H,14,15);;/q;2*+1/p-2. The molecule has 0 radical (unpaired) electrons. The zero-order chi connectivity index (χ0) is 11.6. The summed E-state index contributed by atoms with van der Waals surface area (Å²) < 4.78 is 0. The summed E-state index contributed by atoms with van der Waals surface area (Å²) in [6.07, 6.45) is 0. The van der Waals surface area contributed by atoms with Gasteiger partial charge in [0.2, 0.25) is 0 Å². The van der Waals surface area contributed by atoms with E-state index in [0.29, 0.717) is 5.56 Å². The predicted molar refractivity (Wildman–Crippen MR) is 49.2 cm³/mol. The zero-order valence-electron chi connectivity index (χ0n) is 10.4. The molecule has 0 bridgehead atoms. The van der Waals surface area contributed by atoms with Crippen LogP contribution in [0, 0.1) is 0 Å². The van der Waals surface area contributed by atoms with E-state index in [1.807, 2.05) is 0 Å². The molecule has 0 unspecified atom stereocenters. The van der Waals surface area contributed by atoms with Gasteiger partial charge in [-0.25, -0.2) is 0 Å². The maximum atomic E-state index is 10.8. The Hall–Kier alpha value is 1.43. The van der Waals surface area contributed by atoms with E-state index in [0.717, 1.165) is 0 Å². The van der Waals surface area contributed by atoms with Crippen LogP contribution >= 0.6 is 0 Å². The van der Waals surface area contributed by atoms with E-state index in [1.54, 1.807) is 19.9 Å². The van der Waals surface area contributed by atoms with Crippen LogP contribution in [0.4, 0.5) is 0 Å². The molecule has 0 fully saturated rings. The number of carbonyl (C=O) groups is 2. The molecule has 4 nitrogen and oxygen atoms in total. The fourth-order valence-corrected chi connectivity index (χ4v) is 1.45. The third kappa shape index (κ3) is 5.52. The number of rotatable bonds is 3. The zero-order valence-corrected chi connectivity index (χ0v) is 16.7. The second kappa shape index (κ2) is 9.35. The first kappa shape index (κ1) is 20.7. The van der Waals surface area contributed by atoms with Gasteiger partial charge in [0.1, 0.15) is 0 Å². The summed E-state index contributed by atoms with van der Waals surface area (Å²) in [6, 6.07) is 4.27. The van der Waals surface area contributed by atoms with E-state index in [4.69, 9.17) is 0 Å². The third-order valence-corrected chi connectivity index (χ3v) is 2.14. The van der Waals surface area contributed by atoms with E-state index in [1.165, 1.54) is 12.1 Å². The average molecular weight is 284 g/mol. The van der Waals surface area contributed by atoms with Crippen LogP contribution in [0.5, 0.6) is 0 Å². The van der Waals surface area contributed by atoms with Crippen LogP contribution in [-0.4, -0.2) is 11.9 Å². The number of carboxylic acids is 2. The molecule has 0 aliphatic heterocycles. The number of benzene rings is 1. The van der Waals surface area contributed by atoms with Crippen molar-refractivity contribution in [2.45, 2.75) is 19.8 Å². The second-order valence-electron chi connectivity index (χ2n) is 3.50. The van der Waals surface area contributed by atoms with Crippen molar-refractivity contribution in [3.8, 4) is 0 Å². The minimum Gasteiger partial charge on any atom is -0.545 e. The fourth-order valence-electron chi connectivity index (χ4n) is 1.45. The van der Waals surface area contributed by atoms with Crippen molar-refractivity contribution in [2.24, 2.45) is 0 Å². The smallest absolute Gasteiger partial charge is 0.545 e. The Bertz CT molecular complexity index is 416. The molecule has 80 valence electrons. The Balaban J connectivity index is 0. The predicted octanol–water partition coefficient (Wildman–Crippen LogP) is -6.45. The van der Waals surface area contributed by atoms with Gasteiger partial charge in [-0.05, 0) is 11.5 Å². The molecule has 0 aliphatic rings. The summed E-state index contributed by atoms with van der Waals surface area (Å²) in [4.78, 5) is 21.5. The van der Waals surface area contributed by atoms with Gasteiger partial charge in [-0.15, -0.1) is 0 Å². The van der Waals surface area contributed by atoms with Crippen molar-refractivity contribution in [1.82, 2.24) is 0 Å². The average Bonchev–Trinajstić information content (AvgIpc) is 2.16. The van der Waals surface area contributed by atoms with E-state index >= 15 is 0 Å². The normalized spacial score (nSPS) is 9.12. The van der Waals surface area contributed by atoms with Gasteiger partial charge in [0.25, 0.3) is 0 Å². The molecule has 0 heterocycles. The number of hydrogen-bond acceptors (Lipinski definition) is 4. The van der Waals surface area contributed by atoms with E-state index in [9.17, 15) is 19.8 Å². The summed E-state index contributed by atoms with van der Waals surface area (Å²) in [7, 11) is 0. The van der Waals surface area contributed by atoms with E-state index in [-0.39, 0.29) is 120 Å². The number of carbonyl (C=O) groups excluding carboxylic acids is 2. The van der Waals surface area contributed by atoms with Gasteiger partial charge in [-0.1, -0.05) is 32.0 Å². The first-order chi connectivity index (χ1) is 6.95.